The minimum atomic E-state index is -0.864. The Bertz CT molecular complexity index is 232. The van der Waals surface area contributed by atoms with Gasteiger partial charge in [0.1, 0.15) is 0 Å². The second-order valence-electron chi connectivity index (χ2n) is 4.30. The SMILES string of the molecule is CCOC[C@@H](NC(=O)C(C)(C)C)C(=O)[OH2+]. The molecule has 5 heteroatoms. The highest BCUT2D eigenvalue weighted by molar-refractivity contribution is 5.86. The minimum absolute atomic E-state index is 0.0562. The molecule has 0 aromatic heterocycles. The minimum Gasteiger partial charge on any atom is -0.563 e. The highest BCUT2D eigenvalue weighted by Gasteiger charge is 2.31. The van der Waals surface area contributed by atoms with Crippen LogP contribution in [0, 0.1) is 5.41 Å². The van der Waals surface area contributed by atoms with Gasteiger partial charge in [0.2, 0.25) is 11.9 Å². The molecule has 0 aromatic carbocycles. The number of ether oxygens (including phenoxy) is 1. The Morgan fingerprint density at radius 3 is 2.27 bits per heavy atom. The molecule has 0 heterocycles. The predicted octanol–water partition coefficient (Wildman–Crippen LogP) is -0.195. The van der Waals surface area contributed by atoms with Crippen molar-refractivity contribution in [2.45, 2.75) is 33.7 Å². The van der Waals surface area contributed by atoms with Crippen LogP contribution in [0.3, 0.4) is 0 Å². The van der Waals surface area contributed by atoms with Crippen molar-refractivity contribution in [1.82, 2.24) is 5.32 Å². The van der Waals surface area contributed by atoms with E-state index in [1.807, 2.05) is 0 Å². The fraction of sp³-hybridized carbons (Fsp3) is 0.800. The van der Waals surface area contributed by atoms with Crippen molar-refractivity contribution in [2.75, 3.05) is 13.2 Å². The Hall–Kier alpha value is -1.10. The lowest BCUT2D eigenvalue weighted by molar-refractivity contribution is -0.145. The Labute approximate surface area is 89.8 Å². The standard InChI is InChI=1S/C10H19NO4/c1-5-15-6-7(8(12)13)11-9(14)10(2,3)4/h7H,5-6H2,1-4H3,(H,11,14)(H,12,13)/p+1/t7-/m1/s1. The van der Waals surface area contributed by atoms with Gasteiger partial charge in [0.25, 0.3) is 0 Å². The van der Waals surface area contributed by atoms with E-state index in [1.54, 1.807) is 27.7 Å². The first-order valence-electron chi connectivity index (χ1n) is 4.93. The zero-order valence-corrected chi connectivity index (χ0v) is 9.72. The number of carbonyl (C=O) groups is 2. The van der Waals surface area contributed by atoms with Gasteiger partial charge in [0.15, 0.2) is 0 Å². The molecule has 0 saturated carbocycles. The van der Waals surface area contributed by atoms with Crippen molar-refractivity contribution in [3.05, 3.63) is 0 Å². The smallest absolute Gasteiger partial charge is 0.541 e. The average Bonchev–Trinajstić information content (AvgIpc) is 2.09. The Morgan fingerprint density at radius 1 is 1.40 bits per heavy atom. The van der Waals surface area contributed by atoms with Gasteiger partial charge in [-0.3, -0.25) is 4.79 Å². The van der Waals surface area contributed by atoms with Crippen molar-refractivity contribution in [3.8, 4) is 0 Å². The van der Waals surface area contributed by atoms with E-state index in [0.29, 0.717) is 6.61 Å². The van der Waals surface area contributed by atoms with E-state index < -0.39 is 17.4 Å². The molecule has 0 spiro atoms. The summed E-state index contributed by atoms with van der Waals surface area (Å²) >= 11 is 0. The van der Waals surface area contributed by atoms with Crippen molar-refractivity contribution in [2.24, 2.45) is 5.41 Å². The number of amides is 1. The molecular formula is C10H20NO4+. The van der Waals surface area contributed by atoms with Crippen LogP contribution in [0.15, 0.2) is 0 Å². The maximum Gasteiger partial charge on any atom is 0.541 e. The summed E-state index contributed by atoms with van der Waals surface area (Å²) in [4.78, 5) is 22.4. The summed E-state index contributed by atoms with van der Waals surface area (Å²) in [6, 6.07) is -0.864. The zero-order valence-electron chi connectivity index (χ0n) is 9.72. The van der Waals surface area contributed by atoms with E-state index in [1.165, 1.54) is 0 Å². The molecule has 5 nitrogen and oxygen atoms in total. The molecule has 0 bridgehead atoms. The largest absolute Gasteiger partial charge is 0.563 e. The second-order valence-corrected chi connectivity index (χ2v) is 4.30. The van der Waals surface area contributed by atoms with Gasteiger partial charge in [0.05, 0.1) is 6.61 Å². The molecule has 0 aromatic rings. The Morgan fingerprint density at radius 2 is 1.93 bits per heavy atom. The van der Waals surface area contributed by atoms with Crippen LogP contribution < -0.4 is 5.32 Å². The molecule has 0 fully saturated rings. The second kappa shape index (κ2) is 5.70. The third-order valence-electron chi connectivity index (χ3n) is 1.79. The van der Waals surface area contributed by atoms with Crippen LogP contribution in [0.2, 0.25) is 0 Å². The Kier molecular flexibility index (Phi) is 5.28. The summed E-state index contributed by atoms with van der Waals surface area (Å²) in [6.07, 6.45) is 0. The van der Waals surface area contributed by atoms with Crippen LogP contribution in [0.4, 0.5) is 0 Å². The summed E-state index contributed by atoms with van der Waals surface area (Å²) in [5, 5.41) is 9.47. The monoisotopic (exact) mass is 218 g/mol. The fourth-order valence-corrected chi connectivity index (χ4v) is 0.793. The summed E-state index contributed by atoms with van der Waals surface area (Å²) in [5.41, 5.74) is -0.570. The molecule has 0 unspecified atom stereocenters. The molecule has 1 atom stereocenters. The van der Waals surface area contributed by atoms with Crippen molar-refractivity contribution < 1.29 is 19.4 Å². The maximum absolute atomic E-state index is 11.5. The maximum atomic E-state index is 11.5. The molecule has 0 saturated heterocycles. The molecule has 0 aliphatic heterocycles. The van der Waals surface area contributed by atoms with Crippen LogP contribution in [0.25, 0.3) is 0 Å². The number of rotatable bonds is 5. The highest BCUT2D eigenvalue weighted by atomic mass is 16.5. The van der Waals surface area contributed by atoms with Gasteiger partial charge < -0.3 is 15.2 Å². The van der Waals surface area contributed by atoms with E-state index in [4.69, 9.17) is 9.84 Å². The molecule has 0 radical (unpaired) electrons. The van der Waals surface area contributed by atoms with E-state index in [2.05, 4.69) is 5.32 Å². The lowest BCUT2D eigenvalue weighted by atomic mass is 9.95. The summed E-state index contributed by atoms with van der Waals surface area (Å²) in [7, 11) is 0. The first-order valence-corrected chi connectivity index (χ1v) is 4.93. The van der Waals surface area contributed by atoms with Crippen molar-refractivity contribution in [3.63, 3.8) is 0 Å². The fourth-order valence-electron chi connectivity index (χ4n) is 0.793. The average molecular weight is 218 g/mol. The predicted molar refractivity (Wildman–Crippen MR) is 56.5 cm³/mol. The topological polar surface area (TPSA) is 78.3 Å². The van der Waals surface area contributed by atoms with E-state index >= 15 is 0 Å². The quantitative estimate of drug-likeness (QED) is 0.649. The van der Waals surface area contributed by atoms with Crippen molar-refractivity contribution in [1.29, 1.82) is 0 Å². The third-order valence-corrected chi connectivity index (χ3v) is 1.79. The molecule has 3 N–H and O–H groups in total. The molecule has 0 aliphatic carbocycles. The van der Waals surface area contributed by atoms with Crippen LogP contribution in [0.5, 0.6) is 0 Å². The lowest BCUT2D eigenvalue weighted by Crippen LogP contribution is -2.48. The molecule has 0 aliphatic rings. The van der Waals surface area contributed by atoms with Gasteiger partial charge in [0, 0.05) is 16.8 Å². The lowest BCUT2D eigenvalue weighted by Gasteiger charge is -2.20. The van der Waals surface area contributed by atoms with Gasteiger partial charge in [-0.2, -0.15) is 0 Å². The van der Waals surface area contributed by atoms with Crippen LogP contribution in [0.1, 0.15) is 27.7 Å². The highest BCUT2D eigenvalue weighted by Crippen LogP contribution is 2.12. The zero-order chi connectivity index (χ0) is 12.1. The molecule has 88 valence electrons. The van der Waals surface area contributed by atoms with Crippen LogP contribution in [-0.2, 0) is 14.3 Å². The number of carbonyl (C=O) groups excluding carboxylic acids is 2. The summed E-state index contributed by atoms with van der Waals surface area (Å²) < 4.78 is 5.01. The molecule has 15 heavy (non-hydrogen) atoms. The number of hydrogen-bond acceptors (Lipinski definition) is 3. The van der Waals surface area contributed by atoms with Crippen LogP contribution >= 0.6 is 0 Å². The summed E-state index contributed by atoms with van der Waals surface area (Å²) in [5.74, 6) is -1.09. The number of hydrogen-bond donors (Lipinski definition) is 1. The first-order chi connectivity index (χ1) is 6.79. The van der Waals surface area contributed by atoms with Gasteiger partial charge in [-0.25, -0.2) is 0 Å². The van der Waals surface area contributed by atoms with Gasteiger partial charge in [-0.1, -0.05) is 20.8 Å². The van der Waals surface area contributed by atoms with Gasteiger partial charge >= 0.3 is 5.97 Å². The first kappa shape index (κ1) is 13.9. The van der Waals surface area contributed by atoms with Gasteiger partial charge in [-0.05, 0) is 6.92 Å². The van der Waals surface area contributed by atoms with E-state index in [-0.39, 0.29) is 12.5 Å². The summed E-state index contributed by atoms with van der Waals surface area (Å²) in [6.45, 7) is 7.53. The van der Waals surface area contributed by atoms with Gasteiger partial charge in [-0.15, -0.1) is 0 Å². The normalized spacial score (nSPS) is 13.3. The molecule has 1 amide bonds. The van der Waals surface area contributed by atoms with E-state index in [0.717, 1.165) is 0 Å². The molecule has 0 rings (SSSR count). The third kappa shape index (κ3) is 5.37. The van der Waals surface area contributed by atoms with E-state index in [9.17, 15) is 9.59 Å². The van der Waals surface area contributed by atoms with Crippen LogP contribution in [-0.4, -0.2) is 36.2 Å². The van der Waals surface area contributed by atoms with Crippen molar-refractivity contribution >= 4 is 11.9 Å². The Balaban J connectivity index is 4.29. The molecular weight excluding hydrogens is 198 g/mol. The number of nitrogens with one attached hydrogen (secondary N) is 1.